The summed E-state index contributed by atoms with van der Waals surface area (Å²) in [5, 5.41) is 18.4. The van der Waals surface area contributed by atoms with E-state index in [0.717, 1.165) is 5.56 Å². The molecule has 1 aliphatic heterocycles. The molecule has 114 valence electrons. The number of rotatable bonds is 3. The van der Waals surface area contributed by atoms with Gasteiger partial charge in [-0.1, -0.05) is 12.1 Å². The van der Waals surface area contributed by atoms with Crippen LogP contribution in [-0.2, 0) is 4.79 Å². The van der Waals surface area contributed by atoms with Crippen LogP contribution in [0.4, 0.5) is 0 Å². The van der Waals surface area contributed by atoms with E-state index in [9.17, 15) is 9.59 Å². The fourth-order valence-electron chi connectivity index (χ4n) is 2.40. The zero-order chi connectivity index (χ0) is 15.5. The Kier molecular flexibility index (Phi) is 3.84. The second kappa shape index (κ2) is 5.94. The SMILES string of the molecule is O=C(O)C1CN(C(=O)c2ccc(-c3ncn[nH]3)cc2)CCN1. The Morgan fingerprint density at radius 2 is 2.05 bits per heavy atom. The Morgan fingerprint density at radius 3 is 2.68 bits per heavy atom. The van der Waals surface area contributed by atoms with Crippen LogP contribution in [0.1, 0.15) is 10.4 Å². The Morgan fingerprint density at radius 1 is 1.27 bits per heavy atom. The number of aromatic nitrogens is 3. The van der Waals surface area contributed by atoms with Gasteiger partial charge in [0.1, 0.15) is 12.4 Å². The predicted octanol–water partition coefficient (Wildman–Crippen LogP) is -0.0297. The van der Waals surface area contributed by atoms with E-state index in [1.807, 2.05) is 0 Å². The molecule has 1 aromatic heterocycles. The Labute approximate surface area is 126 Å². The van der Waals surface area contributed by atoms with Gasteiger partial charge in [-0.2, -0.15) is 5.10 Å². The van der Waals surface area contributed by atoms with Crippen LogP contribution in [0.5, 0.6) is 0 Å². The summed E-state index contributed by atoms with van der Waals surface area (Å²) >= 11 is 0. The van der Waals surface area contributed by atoms with Crippen LogP contribution in [0.2, 0.25) is 0 Å². The summed E-state index contributed by atoms with van der Waals surface area (Å²) in [7, 11) is 0. The number of benzene rings is 1. The summed E-state index contributed by atoms with van der Waals surface area (Å²) in [5.74, 6) is -0.484. The van der Waals surface area contributed by atoms with Gasteiger partial charge in [-0.25, -0.2) is 4.98 Å². The third-order valence-corrected chi connectivity index (χ3v) is 3.58. The van der Waals surface area contributed by atoms with Crippen molar-refractivity contribution in [3.05, 3.63) is 36.2 Å². The van der Waals surface area contributed by atoms with Crippen LogP contribution < -0.4 is 5.32 Å². The normalized spacial score (nSPS) is 18.2. The van der Waals surface area contributed by atoms with Crippen LogP contribution in [0.25, 0.3) is 11.4 Å². The van der Waals surface area contributed by atoms with Crippen LogP contribution in [0, 0.1) is 0 Å². The first kappa shape index (κ1) is 14.2. The van der Waals surface area contributed by atoms with Gasteiger partial charge in [0, 0.05) is 30.8 Å². The Balaban J connectivity index is 1.73. The lowest BCUT2D eigenvalue weighted by Gasteiger charge is -2.31. The van der Waals surface area contributed by atoms with Crippen molar-refractivity contribution >= 4 is 11.9 Å². The van der Waals surface area contributed by atoms with Gasteiger partial charge in [0.25, 0.3) is 5.91 Å². The fraction of sp³-hybridized carbons (Fsp3) is 0.286. The molecule has 1 amide bonds. The minimum atomic E-state index is -0.946. The first-order valence-electron chi connectivity index (χ1n) is 6.86. The number of H-pyrrole nitrogens is 1. The summed E-state index contributed by atoms with van der Waals surface area (Å²) < 4.78 is 0. The van der Waals surface area contributed by atoms with Gasteiger partial charge < -0.3 is 15.3 Å². The van der Waals surface area contributed by atoms with Crippen LogP contribution in [-0.4, -0.2) is 62.7 Å². The molecule has 1 saturated heterocycles. The topological polar surface area (TPSA) is 111 Å². The maximum Gasteiger partial charge on any atom is 0.322 e. The highest BCUT2D eigenvalue weighted by Crippen LogP contribution is 2.16. The molecule has 1 fully saturated rings. The van der Waals surface area contributed by atoms with Crippen molar-refractivity contribution in [1.29, 1.82) is 0 Å². The maximum atomic E-state index is 12.4. The molecule has 2 aromatic rings. The number of carbonyl (C=O) groups is 2. The molecule has 1 unspecified atom stereocenters. The largest absolute Gasteiger partial charge is 0.480 e. The number of aliphatic carboxylic acids is 1. The first-order valence-corrected chi connectivity index (χ1v) is 6.86. The van der Waals surface area contributed by atoms with Crippen molar-refractivity contribution in [3.63, 3.8) is 0 Å². The lowest BCUT2D eigenvalue weighted by Crippen LogP contribution is -2.55. The van der Waals surface area contributed by atoms with Gasteiger partial charge in [0.2, 0.25) is 0 Å². The average Bonchev–Trinajstić information content (AvgIpc) is 3.09. The van der Waals surface area contributed by atoms with Crippen LogP contribution in [0.3, 0.4) is 0 Å². The van der Waals surface area contributed by atoms with Crippen molar-refractivity contribution in [2.75, 3.05) is 19.6 Å². The average molecular weight is 301 g/mol. The minimum Gasteiger partial charge on any atom is -0.480 e. The number of hydrogen-bond donors (Lipinski definition) is 3. The molecule has 1 aliphatic rings. The number of hydrogen-bond acceptors (Lipinski definition) is 5. The van der Waals surface area contributed by atoms with E-state index in [2.05, 4.69) is 20.5 Å². The molecule has 0 aliphatic carbocycles. The molecule has 3 N–H and O–H groups in total. The summed E-state index contributed by atoms with van der Waals surface area (Å²) in [6.45, 7) is 1.13. The van der Waals surface area contributed by atoms with Crippen molar-refractivity contribution < 1.29 is 14.7 Å². The smallest absolute Gasteiger partial charge is 0.322 e. The molecule has 0 saturated carbocycles. The first-order chi connectivity index (χ1) is 10.6. The summed E-state index contributed by atoms with van der Waals surface area (Å²) in [6.07, 6.45) is 1.42. The third-order valence-electron chi connectivity index (χ3n) is 3.58. The summed E-state index contributed by atoms with van der Waals surface area (Å²) in [6, 6.07) is 6.26. The number of amides is 1. The van der Waals surface area contributed by atoms with Gasteiger partial charge in [0.05, 0.1) is 0 Å². The molecule has 0 bridgehead atoms. The molecule has 0 radical (unpaired) electrons. The second-order valence-electron chi connectivity index (χ2n) is 5.01. The summed E-state index contributed by atoms with van der Waals surface area (Å²) in [5.41, 5.74) is 1.35. The highest BCUT2D eigenvalue weighted by Gasteiger charge is 2.28. The molecular formula is C14H15N5O3. The monoisotopic (exact) mass is 301 g/mol. The number of carboxylic acid groups (broad SMARTS) is 1. The van der Waals surface area contributed by atoms with E-state index in [-0.39, 0.29) is 12.5 Å². The van der Waals surface area contributed by atoms with Gasteiger partial charge in [-0.05, 0) is 12.1 Å². The van der Waals surface area contributed by atoms with Crippen molar-refractivity contribution in [2.24, 2.45) is 0 Å². The number of carboxylic acids is 1. The molecule has 0 spiro atoms. The molecule has 2 heterocycles. The molecule has 3 rings (SSSR count). The third kappa shape index (κ3) is 2.82. The van der Waals surface area contributed by atoms with Crippen molar-refractivity contribution in [3.8, 4) is 11.4 Å². The number of carbonyl (C=O) groups excluding carboxylic acids is 1. The molecule has 8 heteroatoms. The zero-order valence-electron chi connectivity index (χ0n) is 11.7. The van der Waals surface area contributed by atoms with Crippen LogP contribution >= 0.6 is 0 Å². The number of nitrogens with one attached hydrogen (secondary N) is 2. The maximum absolute atomic E-state index is 12.4. The Hall–Kier alpha value is -2.74. The molecule has 1 atom stereocenters. The number of nitrogens with zero attached hydrogens (tertiary/aromatic N) is 3. The highest BCUT2D eigenvalue weighted by molar-refractivity contribution is 5.95. The number of aromatic amines is 1. The van der Waals surface area contributed by atoms with E-state index < -0.39 is 12.0 Å². The lowest BCUT2D eigenvalue weighted by molar-refractivity contribution is -0.140. The van der Waals surface area contributed by atoms with Gasteiger partial charge in [-0.15, -0.1) is 0 Å². The molecular weight excluding hydrogens is 286 g/mol. The molecule has 1 aromatic carbocycles. The zero-order valence-corrected chi connectivity index (χ0v) is 11.7. The predicted molar refractivity (Wildman–Crippen MR) is 77.1 cm³/mol. The minimum absolute atomic E-state index is 0.165. The summed E-state index contributed by atoms with van der Waals surface area (Å²) in [4.78, 5) is 29.1. The Bertz CT molecular complexity index is 668. The molecule has 8 nitrogen and oxygen atoms in total. The lowest BCUT2D eigenvalue weighted by atomic mass is 10.1. The van der Waals surface area contributed by atoms with E-state index >= 15 is 0 Å². The van der Waals surface area contributed by atoms with Gasteiger partial charge >= 0.3 is 5.97 Å². The number of piperazine rings is 1. The van der Waals surface area contributed by atoms with Crippen LogP contribution in [0.15, 0.2) is 30.6 Å². The quantitative estimate of drug-likeness (QED) is 0.734. The van der Waals surface area contributed by atoms with E-state index in [1.165, 1.54) is 6.33 Å². The van der Waals surface area contributed by atoms with E-state index in [4.69, 9.17) is 5.11 Å². The second-order valence-corrected chi connectivity index (χ2v) is 5.01. The van der Waals surface area contributed by atoms with Crippen molar-refractivity contribution in [2.45, 2.75) is 6.04 Å². The highest BCUT2D eigenvalue weighted by atomic mass is 16.4. The molecule has 22 heavy (non-hydrogen) atoms. The van der Waals surface area contributed by atoms with E-state index in [1.54, 1.807) is 29.2 Å². The van der Waals surface area contributed by atoms with Crippen molar-refractivity contribution in [1.82, 2.24) is 25.4 Å². The van der Waals surface area contributed by atoms with Gasteiger partial charge in [0.15, 0.2) is 5.82 Å². The standard InChI is InChI=1S/C14H15N5O3/c20-13(19-6-5-15-11(7-19)14(21)22)10-3-1-9(2-4-10)12-16-8-17-18-12/h1-4,8,11,15H,5-7H2,(H,21,22)(H,16,17,18). The van der Waals surface area contributed by atoms with E-state index in [0.29, 0.717) is 24.5 Å². The fourth-order valence-corrected chi connectivity index (χ4v) is 2.40. The van der Waals surface area contributed by atoms with Gasteiger partial charge in [-0.3, -0.25) is 14.7 Å².